The van der Waals surface area contributed by atoms with E-state index in [-0.39, 0.29) is 6.61 Å². The Morgan fingerprint density at radius 3 is 2.35 bits per heavy atom. The molecule has 0 saturated heterocycles. The van der Waals surface area contributed by atoms with Crippen LogP contribution in [0, 0.1) is 0 Å². The van der Waals surface area contributed by atoms with E-state index in [1.807, 2.05) is 60.7 Å². The minimum absolute atomic E-state index is 0.286. The van der Waals surface area contributed by atoms with Crippen LogP contribution in [0.25, 0.3) is 10.8 Å². The van der Waals surface area contributed by atoms with Crippen molar-refractivity contribution < 1.29 is 23.0 Å². The quantitative estimate of drug-likeness (QED) is 0.450. The summed E-state index contributed by atoms with van der Waals surface area (Å²) >= 11 is 0. The Morgan fingerprint density at radius 2 is 1.68 bits per heavy atom. The van der Waals surface area contributed by atoms with E-state index in [2.05, 4.69) is 5.32 Å². The van der Waals surface area contributed by atoms with Crippen LogP contribution in [-0.2, 0) is 16.1 Å². The number of hydrogen-bond donors (Lipinski definition) is 1. The molecule has 4 nitrogen and oxygen atoms in total. The number of carbonyl (C=O) groups excluding carboxylic acids is 1. The number of anilines is 1. The molecule has 0 aliphatic rings. The van der Waals surface area contributed by atoms with Gasteiger partial charge >= 0.3 is 5.97 Å². The van der Waals surface area contributed by atoms with Gasteiger partial charge in [-0.05, 0) is 37.8 Å². The minimum atomic E-state index is -1.98. The van der Waals surface area contributed by atoms with E-state index in [1.54, 1.807) is 26.8 Å². The summed E-state index contributed by atoms with van der Waals surface area (Å²) in [7, 11) is 0. The predicted octanol–water partition coefficient (Wildman–Crippen LogP) is 6.32. The van der Waals surface area contributed by atoms with E-state index in [1.165, 1.54) is 0 Å². The van der Waals surface area contributed by atoms with Crippen molar-refractivity contribution >= 4 is 22.4 Å². The standard InChI is InChI=1S/C25H25F2NO3/c1-25(2,3)31-24(29)21(15-22(26)27)28-20-14-13-18-11-7-8-12-19(18)23(20)30-16-17-9-5-4-6-10-17/h4-15,21,28H,16H2,1-3H3. The molecular formula is C25H25F2NO3. The van der Waals surface area contributed by atoms with Crippen LogP contribution in [0.2, 0.25) is 0 Å². The Morgan fingerprint density at radius 1 is 1.00 bits per heavy atom. The number of rotatable bonds is 7. The van der Waals surface area contributed by atoms with E-state index in [4.69, 9.17) is 9.47 Å². The number of benzene rings is 3. The predicted molar refractivity (Wildman–Crippen MR) is 118 cm³/mol. The molecule has 6 heteroatoms. The zero-order valence-electron chi connectivity index (χ0n) is 17.7. The van der Waals surface area contributed by atoms with Crippen molar-refractivity contribution in [1.29, 1.82) is 0 Å². The number of esters is 1. The van der Waals surface area contributed by atoms with Crippen LogP contribution in [-0.4, -0.2) is 17.6 Å². The highest BCUT2D eigenvalue weighted by Gasteiger charge is 2.26. The molecule has 3 aromatic rings. The van der Waals surface area contributed by atoms with Gasteiger partial charge in [-0.2, -0.15) is 8.78 Å². The third kappa shape index (κ3) is 6.28. The van der Waals surface area contributed by atoms with Crippen molar-refractivity contribution in [3.05, 3.63) is 84.5 Å². The Bertz CT molecular complexity index is 1070. The largest absolute Gasteiger partial charge is 0.486 e. The second-order valence-corrected chi connectivity index (χ2v) is 8.05. The molecule has 0 fully saturated rings. The van der Waals surface area contributed by atoms with E-state index < -0.39 is 23.7 Å². The van der Waals surface area contributed by atoms with Crippen LogP contribution in [0.3, 0.4) is 0 Å². The minimum Gasteiger partial charge on any atom is -0.486 e. The third-order valence-electron chi connectivity index (χ3n) is 4.37. The van der Waals surface area contributed by atoms with Crippen molar-refractivity contribution in [2.75, 3.05) is 5.32 Å². The first kappa shape index (κ1) is 22.3. The van der Waals surface area contributed by atoms with Gasteiger partial charge in [0.05, 0.1) is 5.69 Å². The van der Waals surface area contributed by atoms with Gasteiger partial charge in [-0.3, -0.25) is 0 Å². The molecule has 0 aliphatic carbocycles. The summed E-state index contributed by atoms with van der Waals surface area (Å²) in [5.41, 5.74) is 0.566. The average molecular weight is 425 g/mol. The Labute approximate surface area is 180 Å². The maximum absolute atomic E-state index is 13.1. The summed E-state index contributed by atoms with van der Waals surface area (Å²) in [4.78, 5) is 12.5. The fourth-order valence-electron chi connectivity index (χ4n) is 3.07. The molecule has 0 aromatic heterocycles. The normalized spacial score (nSPS) is 12.2. The van der Waals surface area contributed by atoms with Crippen LogP contribution in [0.4, 0.5) is 14.5 Å². The number of ether oxygens (including phenoxy) is 2. The van der Waals surface area contributed by atoms with Gasteiger partial charge in [0.1, 0.15) is 18.2 Å². The summed E-state index contributed by atoms with van der Waals surface area (Å²) in [5.74, 6) is -0.328. The molecule has 0 amide bonds. The molecule has 1 N–H and O–H groups in total. The van der Waals surface area contributed by atoms with Crippen molar-refractivity contribution in [3.8, 4) is 5.75 Å². The molecule has 0 bridgehead atoms. The van der Waals surface area contributed by atoms with Gasteiger partial charge in [-0.25, -0.2) is 4.79 Å². The Balaban J connectivity index is 1.97. The number of carbonyl (C=O) groups is 1. The van der Waals surface area contributed by atoms with Gasteiger partial charge in [-0.15, -0.1) is 0 Å². The number of fused-ring (bicyclic) bond motifs is 1. The summed E-state index contributed by atoms with van der Waals surface area (Å²) in [6.45, 7) is 5.33. The molecule has 3 aromatic carbocycles. The highest BCUT2D eigenvalue weighted by Crippen LogP contribution is 2.35. The Hall–Kier alpha value is -3.41. The van der Waals surface area contributed by atoms with E-state index >= 15 is 0 Å². The van der Waals surface area contributed by atoms with E-state index in [9.17, 15) is 13.6 Å². The monoisotopic (exact) mass is 425 g/mol. The lowest BCUT2D eigenvalue weighted by Gasteiger charge is -2.24. The first-order chi connectivity index (χ1) is 14.7. The Kier molecular flexibility index (Phi) is 6.90. The van der Waals surface area contributed by atoms with Crippen LogP contribution in [0.5, 0.6) is 5.75 Å². The zero-order chi connectivity index (χ0) is 22.4. The van der Waals surface area contributed by atoms with Gasteiger partial charge < -0.3 is 14.8 Å². The molecule has 0 spiro atoms. The SMILES string of the molecule is CC(C)(C)OC(=O)C(C=C(F)F)Nc1ccc2ccccc2c1OCc1ccccc1. The van der Waals surface area contributed by atoms with E-state index in [0.717, 1.165) is 16.3 Å². The van der Waals surface area contributed by atoms with Gasteiger partial charge in [-0.1, -0.05) is 60.7 Å². The van der Waals surface area contributed by atoms with Crippen LogP contribution in [0.15, 0.2) is 78.9 Å². The molecule has 31 heavy (non-hydrogen) atoms. The topological polar surface area (TPSA) is 47.6 Å². The summed E-state index contributed by atoms with van der Waals surface area (Å²) in [5, 5.41) is 4.60. The molecule has 1 atom stereocenters. The second-order valence-electron chi connectivity index (χ2n) is 8.05. The molecule has 1 unspecified atom stereocenters. The first-order valence-corrected chi connectivity index (χ1v) is 9.93. The van der Waals surface area contributed by atoms with Gasteiger partial charge in [0, 0.05) is 11.5 Å². The van der Waals surface area contributed by atoms with Crippen molar-refractivity contribution in [1.82, 2.24) is 0 Å². The van der Waals surface area contributed by atoms with Crippen LogP contribution >= 0.6 is 0 Å². The molecule has 0 heterocycles. The lowest BCUT2D eigenvalue weighted by atomic mass is 10.1. The maximum Gasteiger partial charge on any atom is 0.333 e. The van der Waals surface area contributed by atoms with Crippen molar-refractivity contribution in [3.63, 3.8) is 0 Å². The smallest absolute Gasteiger partial charge is 0.333 e. The highest BCUT2D eigenvalue weighted by atomic mass is 19.3. The lowest BCUT2D eigenvalue weighted by molar-refractivity contribution is -0.154. The van der Waals surface area contributed by atoms with Crippen LogP contribution < -0.4 is 10.1 Å². The summed E-state index contributed by atoms with van der Waals surface area (Å²) < 4.78 is 37.6. The fraction of sp³-hybridized carbons (Fsp3) is 0.240. The summed E-state index contributed by atoms with van der Waals surface area (Å²) in [6.07, 6.45) is -1.43. The molecule has 3 rings (SSSR count). The molecule has 0 radical (unpaired) electrons. The highest BCUT2D eigenvalue weighted by molar-refractivity contribution is 5.94. The average Bonchev–Trinajstić information content (AvgIpc) is 2.71. The maximum atomic E-state index is 13.1. The fourth-order valence-corrected chi connectivity index (χ4v) is 3.07. The van der Waals surface area contributed by atoms with Crippen molar-refractivity contribution in [2.45, 2.75) is 39.0 Å². The molecular weight excluding hydrogens is 400 g/mol. The second kappa shape index (κ2) is 9.60. The molecule has 0 aliphatic heterocycles. The van der Waals surface area contributed by atoms with Gasteiger partial charge in [0.25, 0.3) is 6.08 Å². The number of nitrogens with one attached hydrogen (secondary N) is 1. The third-order valence-corrected chi connectivity index (χ3v) is 4.37. The van der Waals surface area contributed by atoms with E-state index in [0.29, 0.717) is 17.5 Å². The first-order valence-electron chi connectivity index (χ1n) is 9.93. The van der Waals surface area contributed by atoms with Crippen molar-refractivity contribution in [2.24, 2.45) is 0 Å². The van der Waals surface area contributed by atoms with Gasteiger partial charge in [0.15, 0.2) is 5.75 Å². The van der Waals surface area contributed by atoms with Gasteiger partial charge in [0.2, 0.25) is 0 Å². The lowest BCUT2D eigenvalue weighted by Crippen LogP contribution is -2.35. The summed E-state index contributed by atoms with van der Waals surface area (Å²) in [6, 6.07) is 19.4. The molecule has 162 valence electrons. The zero-order valence-corrected chi connectivity index (χ0v) is 17.7. The number of hydrogen-bond acceptors (Lipinski definition) is 4. The number of halogens is 2. The van der Waals surface area contributed by atoms with Crippen LogP contribution in [0.1, 0.15) is 26.3 Å². The molecule has 0 saturated carbocycles.